The highest BCUT2D eigenvalue weighted by Crippen LogP contribution is 2.31. The molecular weight excluding hydrogens is 258 g/mol. The lowest BCUT2D eigenvalue weighted by molar-refractivity contribution is -0.141. The number of rotatable bonds is 2. The Hall–Kier alpha value is -1.75. The predicted molar refractivity (Wildman–Crippen MR) is 73.1 cm³/mol. The third kappa shape index (κ3) is 2.58. The molecule has 1 atom stereocenters. The van der Waals surface area contributed by atoms with Gasteiger partial charge in [-0.05, 0) is 30.2 Å². The summed E-state index contributed by atoms with van der Waals surface area (Å²) in [5.41, 5.74) is 1.04. The zero-order valence-corrected chi connectivity index (χ0v) is 11.6. The van der Waals surface area contributed by atoms with Gasteiger partial charge in [0.2, 0.25) is 5.91 Å². The third-order valence-electron chi connectivity index (χ3n) is 3.85. The number of morpholine rings is 1. The van der Waals surface area contributed by atoms with E-state index in [9.17, 15) is 4.79 Å². The molecule has 0 bridgehead atoms. The van der Waals surface area contributed by atoms with Crippen molar-refractivity contribution in [2.75, 3.05) is 40.0 Å². The van der Waals surface area contributed by atoms with E-state index in [1.807, 2.05) is 23.1 Å². The Morgan fingerprint density at radius 2 is 2.15 bits per heavy atom. The first kappa shape index (κ1) is 13.2. The van der Waals surface area contributed by atoms with Crippen LogP contribution in [0.2, 0.25) is 0 Å². The molecule has 20 heavy (non-hydrogen) atoms. The molecule has 108 valence electrons. The van der Waals surface area contributed by atoms with Crippen molar-refractivity contribution in [3.8, 4) is 11.5 Å². The molecule has 0 aliphatic carbocycles. The van der Waals surface area contributed by atoms with Crippen LogP contribution in [0.5, 0.6) is 11.5 Å². The quantitative estimate of drug-likeness (QED) is 0.812. The number of carbonyl (C=O) groups excluding carboxylic acids is 1. The van der Waals surface area contributed by atoms with Crippen molar-refractivity contribution in [1.82, 2.24) is 4.90 Å². The third-order valence-corrected chi connectivity index (χ3v) is 3.85. The van der Waals surface area contributed by atoms with Crippen LogP contribution in [0.25, 0.3) is 0 Å². The molecule has 2 aliphatic rings. The average molecular weight is 277 g/mol. The summed E-state index contributed by atoms with van der Waals surface area (Å²) < 4.78 is 16.2. The fraction of sp³-hybridized carbons (Fsp3) is 0.533. The second-order valence-electron chi connectivity index (χ2n) is 5.12. The number of nitrogens with zero attached hydrogens (tertiary/aromatic N) is 1. The lowest BCUT2D eigenvalue weighted by Crippen LogP contribution is -2.46. The summed E-state index contributed by atoms with van der Waals surface area (Å²) in [4.78, 5) is 14.4. The summed E-state index contributed by atoms with van der Waals surface area (Å²) in [6.45, 7) is 3.07. The maximum absolute atomic E-state index is 12.5. The summed E-state index contributed by atoms with van der Waals surface area (Å²) in [7, 11) is 1.64. The highest BCUT2D eigenvalue weighted by atomic mass is 16.5. The van der Waals surface area contributed by atoms with Crippen LogP contribution in [0.4, 0.5) is 0 Å². The number of benzene rings is 1. The molecule has 2 aliphatic heterocycles. The van der Waals surface area contributed by atoms with Gasteiger partial charge >= 0.3 is 0 Å². The summed E-state index contributed by atoms with van der Waals surface area (Å²) in [5.74, 6) is 1.72. The summed E-state index contributed by atoms with van der Waals surface area (Å²) >= 11 is 0. The van der Waals surface area contributed by atoms with Gasteiger partial charge in [0.25, 0.3) is 0 Å². The average Bonchev–Trinajstić information content (AvgIpc) is 2.54. The van der Waals surface area contributed by atoms with Crippen LogP contribution >= 0.6 is 0 Å². The Kier molecular flexibility index (Phi) is 3.78. The van der Waals surface area contributed by atoms with Crippen molar-refractivity contribution in [1.29, 1.82) is 0 Å². The van der Waals surface area contributed by atoms with Gasteiger partial charge in [0.15, 0.2) is 0 Å². The zero-order valence-electron chi connectivity index (χ0n) is 11.6. The molecular formula is C15H19NO4. The van der Waals surface area contributed by atoms with Crippen molar-refractivity contribution in [3.63, 3.8) is 0 Å². The van der Waals surface area contributed by atoms with Crippen LogP contribution in [0.1, 0.15) is 5.56 Å². The second kappa shape index (κ2) is 5.71. The van der Waals surface area contributed by atoms with Crippen LogP contribution < -0.4 is 9.47 Å². The number of fused-ring (bicyclic) bond motifs is 1. The minimum Gasteiger partial charge on any atom is -0.497 e. The fourth-order valence-corrected chi connectivity index (χ4v) is 2.70. The van der Waals surface area contributed by atoms with Crippen molar-refractivity contribution >= 4 is 5.91 Å². The van der Waals surface area contributed by atoms with Crippen LogP contribution in [-0.2, 0) is 16.0 Å². The lowest BCUT2D eigenvalue weighted by Gasteiger charge is -2.32. The summed E-state index contributed by atoms with van der Waals surface area (Å²) in [6.07, 6.45) is 0.711. The van der Waals surface area contributed by atoms with Crippen LogP contribution in [0, 0.1) is 5.92 Å². The summed E-state index contributed by atoms with van der Waals surface area (Å²) in [6, 6.07) is 5.74. The molecule has 0 aromatic heterocycles. The minimum atomic E-state index is -0.104. The van der Waals surface area contributed by atoms with Gasteiger partial charge in [-0.1, -0.05) is 0 Å². The number of hydrogen-bond acceptors (Lipinski definition) is 4. The molecule has 1 saturated heterocycles. The van der Waals surface area contributed by atoms with E-state index in [1.54, 1.807) is 7.11 Å². The predicted octanol–water partition coefficient (Wildman–Crippen LogP) is 1.11. The molecule has 0 radical (unpaired) electrons. The van der Waals surface area contributed by atoms with Crippen molar-refractivity contribution in [3.05, 3.63) is 23.8 Å². The largest absolute Gasteiger partial charge is 0.497 e. The van der Waals surface area contributed by atoms with E-state index < -0.39 is 0 Å². The highest BCUT2D eigenvalue weighted by molar-refractivity contribution is 5.80. The van der Waals surface area contributed by atoms with E-state index in [-0.39, 0.29) is 11.8 Å². The normalized spacial score (nSPS) is 21.9. The van der Waals surface area contributed by atoms with Gasteiger partial charge in [0, 0.05) is 13.1 Å². The van der Waals surface area contributed by atoms with E-state index in [4.69, 9.17) is 14.2 Å². The number of hydrogen-bond donors (Lipinski definition) is 0. The van der Waals surface area contributed by atoms with Gasteiger partial charge in [-0.25, -0.2) is 0 Å². The number of methoxy groups -OCH3 is 1. The number of ether oxygens (including phenoxy) is 3. The van der Waals surface area contributed by atoms with E-state index in [0.717, 1.165) is 17.1 Å². The molecule has 3 rings (SSSR count). The van der Waals surface area contributed by atoms with Gasteiger partial charge in [0.05, 0.1) is 26.2 Å². The highest BCUT2D eigenvalue weighted by Gasteiger charge is 2.30. The maximum Gasteiger partial charge on any atom is 0.229 e. The molecule has 5 nitrogen and oxygen atoms in total. The Balaban J connectivity index is 1.72. The molecule has 0 saturated carbocycles. The Labute approximate surface area is 118 Å². The van der Waals surface area contributed by atoms with E-state index in [0.29, 0.717) is 39.3 Å². The monoisotopic (exact) mass is 277 g/mol. The Morgan fingerprint density at radius 1 is 1.35 bits per heavy atom. The molecule has 1 aromatic carbocycles. The first-order valence-electron chi connectivity index (χ1n) is 6.94. The van der Waals surface area contributed by atoms with Gasteiger partial charge in [-0.3, -0.25) is 4.79 Å². The first-order valence-corrected chi connectivity index (χ1v) is 6.94. The Morgan fingerprint density at radius 3 is 2.90 bits per heavy atom. The lowest BCUT2D eigenvalue weighted by atomic mass is 9.95. The topological polar surface area (TPSA) is 48.0 Å². The van der Waals surface area contributed by atoms with Gasteiger partial charge in [0.1, 0.15) is 18.1 Å². The molecule has 1 unspecified atom stereocenters. The van der Waals surface area contributed by atoms with Gasteiger partial charge < -0.3 is 19.1 Å². The standard InChI is InChI=1S/C15H19NO4/c1-18-13-2-3-14-11(9-13)8-12(10-20-14)15(17)16-4-6-19-7-5-16/h2-3,9,12H,4-8,10H2,1H3. The smallest absolute Gasteiger partial charge is 0.229 e. The molecule has 1 fully saturated rings. The first-order chi connectivity index (χ1) is 9.78. The SMILES string of the molecule is COc1ccc2c(c1)CC(C(=O)N1CCOCC1)CO2. The fourth-order valence-electron chi connectivity index (χ4n) is 2.70. The van der Waals surface area contributed by atoms with Crippen LogP contribution in [0.15, 0.2) is 18.2 Å². The minimum absolute atomic E-state index is 0.104. The van der Waals surface area contributed by atoms with Crippen molar-refractivity contribution < 1.29 is 19.0 Å². The number of carbonyl (C=O) groups is 1. The molecule has 2 heterocycles. The molecule has 1 aromatic rings. The molecule has 0 N–H and O–H groups in total. The number of amides is 1. The molecule has 0 spiro atoms. The van der Waals surface area contributed by atoms with Crippen LogP contribution in [-0.4, -0.2) is 50.8 Å². The summed E-state index contributed by atoms with van der Waals surface area (Å²) in [5, 5.41) is 0. The Bertz CT molecular complexity index is 497. The van der Waals surface area contributed by atoms with E-state index in [1.165, 1.54) is 0 Å². The molecule has 5 heteroatoms. The van der Waals surface area contributed by atoms with Crippen molar-refractivity contribution in [2.24, 2.45) is 5.92 Å². The van der Waals surface area contributed by atoms with Crippen LogP contribution in [0.3, 0.4) is 0 Å². The van der Waals surface area contributed by atoms with Gasteiger partial charge in [-0.2, -0.15) is 0 Å². The van der Waals surface area contributed by atoms with E-state index in [2.05, 4.69) is 0 Å². The van der Waals surface area contributed by atoms with Gasteiger partial charge in [-0.15, -0.1) is 0 Å². The zero-order chi connectivity index (χ0) is 13.9. The maximum atomic E-state index is 12.5. The van der Waals surface area contributed by atoms with Crippen molar-refractivity contribution in [2.45, 2.75) is 6.42 Å². The molecule has 1 amide bonds. The van der Waals surface area contributed by atoms with E-state index >= 15 is 0 Å². The second-order valence-corrected chi connectivity index (χ2v) is 5.12.